The van der Waals surface area contributed by atoms with Gasteiger partial charge in [-0.25, -0.2) is 0 Å². The van der Waals surface area contributed by atoms with Crippen molar-refractivity contribution in [1.29, 1.82) is 0 Å². The molecule has 1 aromatic heterocycles. The third kappa shape index (κ3) is 3.50. The first-order valence-electron chi connectivity index (χ1n) is 8.19. The normalized spacial score (nSPS) is 13.1. The van der Waals surface area contributed by atoms with E-state index in [-0.39, 0.29) is 5.91 Å². The molecule has 0 radical (unpaired) electrons. The highest BCUT2D eigenvalue weighted by molar-refractivity contribution is 5.92. The predicted octanol–water partition coefficient (Wildman–Crippen LogP) is 1.91. The summed E-state index contributed by atoms with van der Waals surface area (Å²) in [6.45, 7) is 1.36. The molecule has 1 amide bonds. The first-order chi connectivity index (χ1) is 12.1. The smallest absolute Gasteiger partial charge is 0.246 e. The van der Waals surface area contributed by atoms with Crippen molar-refractivity contribution in [2.75, 3.05) is 21.3 Å². The molecule has 0 saturated carbocycles. The number of hydrogen-bond acceptors (Lipinski definition) is 5. The van der Waals surface area contributed by atoms with Gasteiger partial charge in [0.15, 0.2) is 17.3 Å². The zero-order valence-corrected chi connectivity index (χ0v) is 14.7. The number of ether oxygens (including phenoxy) is 2. The van der Waals surface area contributed by atoms with E-state index in [4.69, 9.17) is 9.47 Å². The molecule has 2 heterocycles. The number of aryl methyl sites for hydroxylation is 1. The molecule has 0 atom stereocenters. The number of methoxy groups -OCH3 is 2. The molecule has 1 aliphatic heterocycles. The van der Waals surface area contributed by atoms with Crippen LogP contribution in [0.2, 0.25) is 0 Å². The van der Waals surface area contributed by atoms with Crippen LogP contribution in [0.1, 0.15) is 23.6 Å². The molecule has 0 spiro atoms. The second kappa shape index (κ2) is 7.38. The fourth-order valence-corrected chi connectivity index (χ4v) is 2.95. The van der Waals surface area contributed by atoms with Gasteiger partial charge in [0.05, 0.1) is 20.8 Å². The van der Waals surface area contributed by atoms with Crippen molar-refractivity contribution < 1.29 is 14.3 Å². The lowest BCUT2D eigenvalue weighted by Crippen LogP contribution is -2.26. The summed E-state index contributed by atoms with van der Waals surface area (Å²) in [5, 5.41) is 8.36. The fraction of sp³-hybridized carbons (Fsp3) is 0.389. The van der Waals surface area contributed by atoms with Crippen molar-refractivity contribution in [3.8, 4) is 11.5 Å². The standard InChI is InChI=1S/C18H22N4O3/c1-21(12-16-20-19-15-8-5-11-22(15)16)17(23)10-9-13-6-4-7-14(24-2)18(13)25-3/h4,6-7,9-10H,5,8,11-12H2,1-3H3. The van der Waals surface area contributed by atoms with Gasteiger partial charge in [0, 0.05) is 31.7 Å². The van der Waals surface area contributed by atoms with E-state index in [0.29, 0.717) is 18.0 Å². The summed E-state index contributed by atoms with van der Waals surface area (Å²) in [6, 6.07) is 5.54. The second-order valence-corrected chi connectivity index (χ2v) is 5.90. The molecule has 0 unspecified atom stereocenters. The number of para-hydroxylation sites is 1. The van der Waals surface area contributed by atoms with E-state index in [9.17, 15) is 4.79 Å². The molecule has 7 nitrogen and oxygen atoms in total. The van der Waals surface area contributed by atoms with Crippen LogP contribution in [-0.2, 0) is 24.3 Å². The summed E-state index contributed by atoms with van der Waals surface area (Å²) < 4.78 is 12.7. The van der Waals surface area contributed by atoms with Crippen LogP contribution in [-0.4, -0.2) is 46.8 Å². The Balaban J connectivity index is 1.70. The Hall–Kier alpha value is -2.83. The average molecular weight is 342 g/mol. The zero-order chi connectivity index (χ0) is 17.8. The summed E-state index contributed by atoms with van der Waals surface area (Å²) in [4.78, 5) is 14.0. The van der Waals surface area contributed by atoms with Gasteiger partial charge in [-0.15, -0.1) is 10.2 Å². The summed E-state index contributed by atoms with van der Waals surface area (Å²) >= 11 is 0. The maximum atomic E-state index is 12.4. The molecule has 1 aliphatic rings. The number of fused-ring (bicyclic) bond motifs is 1. The molecule has 0 aliphatic carbocycles. The first-order valence-corrected chi connectivity index (χ1v) is 8.19. The van der Waals surface area contributed by atoms with Gasteiger partial charge in [0.25, 0.3) is 0 Å². The van der Waals surface area contributed by atoms with Crippen molar-refractivity contribution >= 4 is 12.0 Å². The molecular weight excluding hydrogens is 320 g/mol. The number of amides is 1. The number of likely N-dealkylation sites (N-methyl/N-ethyl adjacent to an activating group) is 1. The highest BCUT2D eigenvalue weighted by atomic mass is 16.5. The van der Waals surface area contributed by atoms with E-state index in [2.05, 4.69) is 14.8 Å². The Morgan fingerprint density at radius 1 is 1.32 bits per heavy atom. The van der Waals surface area contributed by atoms with Gasteiger partial charge < -0.3 is 18.9 Å². The third-order valence-corrected chi connectivity index (χ3v) is 4.28. The van der Waals surface area contributed by atoms with Crippen molar-refractivity contribution in [2.45, 2.75) is 25.9 Å². The van der Waals surface area contributed by atoms with Crippen LogP contribution in [0.15, 0.2) is 24.3 Å². The number of rotatable bonds is 6. The number of hydrogen-bond donors (Lipinski definition) is 0. The lowest BCUT2D eigenvalue weighted by atomic mass is 10.1. The average Bonchev–Trinajstić information content (AvgIpc) is 3.24. The minimum absolute atomic E-state index is 0.111. The number of aromatic nitrogens is 3. The Morgan fingerprint density at radius 2 is 2.16 bits per heavy atom. The Kier molecular flexibility index (Phi) is 5.02. The molecule has 0 fully saturated rings. The van der Waals surface area contributed by atoms with E-state index in [1.165, 1.54) is 6.08 Å². The summed E-state index contributed by atoms with van der Waals surface area (Å²) in [5.41, 5.74) is 0.784. The van der Waals surface area contributed by atoms with Gasteiger partial charge >= 0.3 is 0 Å². The first kappa shape index (κ1) is 17.0. The topological polar surface area (TPSA) is 69.5 Å². The summed E-state index contributed by atoms with van der Waals surface area (Å²) in [6.07, 6.45) is 5.30. The Morgan fingerprint density at radius 3 is 2.92 bits per heavy atom. The molecule has 0 N–H and O–H groups in total. The number of carbonyl (C=O) groups excluding carboxylic acids is 1. The van der Waals surface area contributed by atoms with Crippen LogP contribution in [0, 0.1) is 0 Å². The molecule has 7 heteroatoms. The lowest BCUT2D eigenvalue weighted by Gasteiger charge is -2.15. The zero-order valence-electron chi connectivity index (χ0n) is 14.7. The van der Waals surface area contributed by atoms with Crippen molar-refractivity contribution in [1.82, 2.24) is 19.7 Å². The second-order valence-electron chi connectivity index (χ2n) is 5.90. The van der Waals surface area contributed by atoms with E-state index < -0.39 is 0 Å². The molecular formula is C18H22N4O3. The van der Waals surface area contributed by atoms with Gasteiger partial charge in [-0.2, -0.15) is 0 Å². The minimum Gasteiger partial charge on any atom is -0.493 e. The molecule has 25 heavy (non-hydrogen) atoms. The highest BCUT2D eigenvalue weighted by Crippen LogP contribution is 2.31. The number of carbonyl (C=O) groups is 1. The van der Waals surface area contributed by atoms with Crippen LogP contribution in [0.3, 0.4) is 0 Å². The van der Waals surface area contributed by atoms with Crippen LogP contribution in [0.5, 0.6) is 11.5 Å². The monoisotopic (exact) mass is 342 g/mol. The molecule has 0 bridgehead atoms. The Labute approximate surface area is 146 Å². The molecule has 0 saturated heterocycles. The highest BCUT2D eigenvalue weighted by Gasteiger charge is 2.19. The molecule has 132 valence electrons. The van der Waals surface area contributed by atoms with Crippen LogP contribution in [0.25, 0.3) is 6.08 Å². The number of benzene rings is 1. The van der Waals surface area contributed by atoms with Crippen molar-refractivity contribution in [3.05, 3.63) is 41.5 Å². The fourth-order valence-electron chi connectivity index (χ4n) is 2.95. The van der Waals surface area contributed by atoms with Crippen LogP contribution < -0.4 is 9.47 Å². The summed E-state index contributed by atoms with van der Waals surface area (Å²) in [7, 11) is 4.92. The van der Waals surface area contributed by atoms with Crippen molar-refractivity contribution in [3.63, 3.8) is 0 Å². The maximum absolute atomic E-state index is 12.4. The van der Waals surface area contributed by atoms with E-state index in [1.54, 1.807) is 32.2 Å². The number of nitrogens with zero attached hydrogens (tertiary/aromatic N) is 4. The Bertz CT molecular complexity index is 798. The van der Waals surface area contributed by atoms with Gasteiger partial charge in [0.2, 0.25) is 5.91 Å². The predicted molar refractivity (Wildman–Crippen MR) is 93.4 cm³/mol. The minimum atomic E-state index is -0.111. The molecule has 1 aromatic carbocycles. The third-order valence-electron chi connectivity index (χ3n) is 4.28. The largest absolute Gasteiger partial charge is 0.493 e. The quantitative estimate of drug-likeness (QED) is 0.750. The molecule has 3 rings (SSSR count). The van der Waals surface area contributed by atoms with Gasteiger partial charge in [0.1, 0.15) is 5.82 Å². The van der Waals surface area contributed by atoms with Gasteiger partial charge in [-0.1, -0.05) is 12.1 Å². The van der Waals surface area contributed by atoms with Gasteiger partial charge in [-0.3, -0.25) is 4.79 Å². The van der Waals surface area contributed by atoms with E-state index in [0.717, 1.165) is 36.6 Å². The molecule has 2 aromatic rings. The van der Waals surface area contributed by atoms with Gasteiger partial charge in [-0.05, 0) is 18.6 Å². The summed E-state index contributed by atoms with van der Waals surface area (Å²) in [5.74, 6) is 2.96. The van der Waals surface area contributed by atoms with E-state index >= 15 is 0 Å². The van der Waals surface area contributed by atoms with Crippen molar-refractivity contribution in [2.24, 2.45) is 0 Å². The van der Waals surface area contributed by atoms with E-state index in [1.807, 2.05) is 18.2 Å². The maximum Gasteiger partial charge on any atom is 0.246 e. The SMILES string of the molecule is COc1cccc(C=CC(=O)N(C)Cc2nnc3n2CCC3)c1OC. The van der Waals surface area contributed by atoms with Crippen LogP contribution >= 0.6 is 0 Å². The van der Waals surface area contributed by atoms with Crippen LogP contribution in [0.4, 0.5) is 0 Å². The lowest BCUT2D eigenvalue weighted by molar-refractivity contribution is -0.125.